The lowest BCUT2D eigenvalue weighted by Crippen LogP contribution is -2.44. The van der Waals surface area contributed by atoms with Gasteiger partial charge in [-0.05, 0) is 46.6 Å². The Bertz CT molecular complexity index is 992. The average Bonchev–Trinajstić information content (AvgIpc) is 3.40. The zero-order valence-electron chi connectivity index (χ0n) is 19.9. The molecule has 2 fully saturated rings. The topological polar surface area (TPSA) is 102 Å². The molecule has 2 amide bonds. The van der Waals surface area contributed by atoms with E-state index in [9.17, 15) is 9.59 Å². The molecule has 33 heavy (non-hydrogen) atoms. The number of pyridine rings is 1. The largest absolute Gasteiger partial charge is 0.444 e. The van der Waals surface area contributed by atoms with E-state index in [1.54, 1.807) is 16.0 Å². The first-order valence-electron chi connectivity index (χ1n) is 11.7. The zero-order valence-corrected chi connectivity index (χ0v) is 19.9. The molecule has 0 bridgehead atoms. The van der Waals surface area contributed by atoms with Gasteiger partial charge in [0.05, 0.1) is 18.6 Å². The van der Waals surface area contributed by atoms with Gasteiger partial charge in [-0.3, -0.25) is 0 Å². The minimum atomic E-state index is -0.539. The van der Waals surface area contributed by atoms with Crippen LogP contribution in [-0.2, 0) is 16.0 Å². The van der Waals surface area contributed by atoms with Crippen LogP contribution in [0.3, 0.4) is 0 Å². The molecular weight excluding hydrogens is 424 g/mol. The molecule has 2 saturated heterocycles. The van der Waals surface area contributed by atoms with Crippen molar-refractivity contribution >= 4 is 29.0 Å². The number of amides is 2. The SMILES string of the molecule is CCn1cnc2c(NC3CCN(C(=O)O[C@H]4CCN(C(=O)OC(C)(C)C)C4)CC3)ccnc21. The number of aromatic nitrogens is 3. The Morgan fingerprint density at radius 3 is 2.52 bits per heavy atom. The molecule has 1 atom stereocenters. The van der Waals surface area contributed by atoms with Crippen molar-refractivity contribution in [2.75, 3.05) is 31.5 Å². The van der Waals surface area contributed by atoms with Crippen molar-refractivity contribution in [2.24, 2.45) is 0 Å². The van der Waals surface area contributed by atoms with E-state index >= 15 is 0 Å². The number of hydrogen-bond donors (Lipinski definition) is 1. The predicted octanol–water partition coefficient (Wildman–Crippen LogP) is 3.47. The van der Waals surface area contributed by atoms with Crippen LogP contribution in [0, 0.1) is 0 Å². The summed E-state index contributed by atoms with van der Waals surface area (Å²) < 4.78 is 13.1. The normalized spacial score (nSPS) is 19.7. The number of rotatable bonds is 4. The van der Waals surface area contributed by atoms with Gasteiger partial charge >= 0.3 is 12.2 Å². The van der Waals surface area contributed by atoms with Gasteiger partial charge in [-0.25, -0.2) is 19.6 Å². The van der Waals surface area contributed by atoms with Gasteiger partial charge in [-0.1, -0.05) is 0 Å². The fourth-order valence-corrected chi connectivity index (χ4v) is 4.27. The fraction of sp³-hybridized carbons (Fsp3) is 0.652. The summed E-state index contributed by atoms with van der Waals surface area (Å²) in [6.07, 6.45) is 4.93. The second-order valence-electron chi connectivity index (χ2n) is 9.69. The Morgan fingerprint density at radius 2 is 1.82 bits per heavy atom. The van der Waals surface area contributed by atoms with Gasteiger partial charge in [0.2, 0.25) is 0 Å². The lowest BCUT2D eigenvalue weighted by Gasteiger charge is -2.33. The smallest absolute Gasteiger partial charge is 0.410 e. The number of hydrogen-bond acceptors (Lipinski definition) is 7. The minimum absolute atomic E-state index is 0.251. The predicted molar refractivity (Wildman–Crippen MR) is 124 cm³/mol. The van der Waals surface area contributed by atoms with Gasteiger partial charge in [-0.2, -0.15) is 0 Å². The summed E-state index contributed by atoms with van der Waals surface area (Å²) >= 11 is 0. The van der Waals surface area contributed by atoms with Crippen LogP contribution in [0.2, 0.25) is 0 Å². The molecule has 2 aliphatic heterocycles. The summed E-state index contributed by atoms with van der Waals surface area (Å²) in [4.78, 5) is 37.2. The number of anilines is 1. The molecule has 4 rings (SSSR count). The second kappa shape index (κ2) is 9.44. The van der Waals surface area contributed by atoms with Crippen LogP contribution in [0.15, 0.2) is 18.6 Å². The maximum Gasteiger partial charge on any atom is 0.410 e. The van der Waals surface area contributed by atoms with Crippen LogP contribution in [0.4, 0.5) is 15.3 Å². The second-order valence-corrected chi connectivity index (χ2v) is 9.69. The number of carbonyl (C=O) groups is 2. The van der Waals surface area contributed by atoms with Crippen molar-refractivity contribution in [3.05, 3.63) is 18.6 Å². The summed E-state index contributed by atoms with van der Waals surface area (Å²) in [5.74, 6) is 0. The van der Waals surface area contributed by atoms with Gasteiger partial charge in [0.25, 0.3) is 0 Å². The van der Waals surface area contributed by atoms with Gasteiger partial charge < -0.3 is 29.2 Å². The lowest BCUT2D eigenvalue weighted by atomic mass is 10.1. The number of ether oxygens (including phenoxy) is 2. The first kappa shape index (κ1) is 23.1. The number of aryl methyl sites for hydroxylation is 1. The van der Waals surface area contributed by atoms with E-state index in [1.807, 2.05) is 37.7 Å². The Labute approximate surface area is 194 Å². The van der Waals surface area contributed by atoms with Gasteiger partial charge in [0.15, 0.2) is 5.65 Å². The highest BCUT2D eigenvalue weighted by atomic mass is 16.6. The van der Waals surface area contributed by atoms with Crippen LogP contribution < -0.4 is 5.32 Å². The third kappa shape index (κ3) is 5.48. The molecule has 4 heterocycles. The highest BCUT2D eigenvalue weighted by Gasteiger charge is 2.33. The van der Waals surface area contributed by atoms with Crippen LogP contribution in [0.1, 0.15) is 47.0 Å². The van der Waals surface area contributed by atoms with E-state index in [0.29, 0.717) is 32.6 Å². The van der Waals surface area contributed by atoms with Gasteiger partial charge in [-0.15, -0.1) is 0 Å². The van der Waals surface area contributed by atoms with Crippen molar-refractivity contribution in [1.82, 2.24) is 24.3 Å². The van der Waals surface area contributed by atoms with E-state index in [2.05, 4.69) is 22.2 Å². The maximum atomic E-state index is 12.7. The standard InChI is InChI=1S/C23H34N6O4/c1-5-27-15-25-19-18(6-10-24-20(19)27)26-16-7-11-28(12-8-16)21(30)32-17-9-13-29(14-17)22(31)33-23(2,3)4/h6,10,15-17H,5,7-9,11-14H2,1-4H3,(H,24,26)/t17-/m0/s1. The Hall–Kier alpha value is -3.04. The number of carbonyl (C=O) groups excluding carboxylic acids is 2. The average molecular weight is 459 g/mol. The number of imidazole rings is 1. The van der Waals surface area contributed by atoms with Crippen LogP contribution in [0.5, 0.6) is 0 Å². The minimum Gasteiger partial charge on any atom is -0.444 e. The molecule has 180 valence electrons. The number of piperidine rings is 1. The van der Waals surface area contributed by atoms with Crippen molar-refractivity contribution in [3.8, 4) is 0 Å². The number of nitrogens with zero attached hydrogens (tertiary/aromatic N) is 5. The number of nitrogens with one attached hydrogen (secondary N) is 1. The summed E-state index contributed by atoms with van der Waals surface area (Å²) in [5, 5.41) is 3.58. The molecule has 0 aliphatic carbocycles. The van der Waals surface area contributed by atoms with Gasteiger partial charge in [0.1, 0.15) is 17.2 Å². The summed E-state index contributed by atoms with van der Waals surface area (Å²) in [6.45, 7) is 10.6. The van der Waals surface area contributed by atoms with E-state index in [1.165, 1.54) is 0 Å². The van der Waals surface area contributed by atoms with Crippen molar-refractivity contribution < 1.29 is 19.1 Å². The third-order valence-corrected chi connectivity index (χ3v) is 6.02. The van der Waals surface area contributed by atoms with E-state index in [4.69, 9.17) is 9.47 Å². The quantitative estimate of drug-likeness (QED) is 0.748. The van der Waals surface area contributed by atoms with E-state index in [0.717, 1.165) is 36.2 Å². The van der Waals surface area contributed by atoms with E-state index in [-0.39, 0.29) is 24.3 Å². The molecule has 0 radical (unpaired) electrons. The molecular formula is C23H34N6O4. The molecule has 0 spiro atoms. The van der Waals surface area contributed by atoms with Gasteiger partial charge in [0, 0.05) is 44.8 Å². The monoisotopic (exact) mass is 458 g/mol. The molecule has 2 aromatic rings. The molecule has 0 unspecified atom stereocenters. The Kier molecular flexibility index (Phi) is 6.62. The lowest BCUT2D eigenvalue weighted by molar-refractivity contribution is 0.0235. The molecule has 0 saturated carbocycles. The fourth-order valence-electron chi connectivity index (χ4n) is 4.27. The first-order valence-corrected chi connectivity index (χ1v) is 11.7. The molecule has 2 aromatic heterocycles. The maximum absolute atomic E-state index is 12.7. The van der Waals surface area contributed by atoms with Crippen molar-refractivity contribution in [3.63, 3.8) is 0 Å². The van der Waals surface area contributed by atoms with E-state index < -0.39 is 5.60 Å². The third-order valence-electron chi connectivity index (χ3n) is 6.02. The zero-order chi connectivity index (χ0) is 23.6. The van der Waals surface area contributed by atoms with Crippen LogP contribution in [0.25, 0.3) is 11.2 Å². The summed E-state index contributed by atoms with van der Waals surface area (Å²) in [7, 11) is 0. The molecule has 0 aromatic carbocycles. The van der Waals surface area contributed by atoms with Crippen molar-refractivity contribution in [2.45, 2.75) is 71.2 Å². The molecule has 10 nitrogen and oxygen atoms in total. The molecule has 10 heteroatoms. The highest BCUT2D eigenvalue weighted by molar-refractivity contribution is 5.85. The van der Waals surface area contributed by atoms with Crippen LogP contribution >= 0.6 is 0 Å². The molecule has 1 N–H and O–H groups in total. The number of likely N-dealkylation sites (tertiary alicyclic amines) is 2. The van der Waals surface area contributed by atoms with Crippen molar-refractivity contribution in [1.29, 1.82) is 0 Å². The first-order chi connectivity index (χ1) is 15.7. The van der Waals surface area contributed by atoms with Crippen LogP contribution in [-0.4, -0.2) is 80.4 Å². The summed E-state index contributed by atoms with van der Waals surface area (Å²) in [5.41, 5.74) is 2.18. The number of fused-ring (bicyclic) bond motifs is 1. The molecule has 2 aliphatic rings. The summed E-state index contributed by atoms with van der Waals surface area (Å²) in [6, 6.07) is 2.20. The highest BCUT2D eigenvalue weighted by Crippen LogP contribution is 2.24. The Morgan fingerprint density at radius 1 is 1.09 bits per heavy atom. The Balaban J connectivity index is 1.25.